The van der Waals surface area contributed by atoms with Crippen LogP contribution in [0.3, 0.4) is 0 Å². The van der Waals surface area contributed by atoms with E-state index in [-0.39, 0.29) is 12.3 Å². The lowest BCUT2D eigenvalue weighted by molar-refractivity contribution is -0.152. The molecule has 0 saturated carbocycles. The standard InChI is InChI=1S/C14H27NO3S/c1-4-14(5-2,13(17)18)11-12(16)15-9-7-6-8-10-19-3/h4-11H2,1-3H3,(H,15,16)(H,17,18). The molecule has 0 aliphatic heterocycles. The molecule has 2 N–H and O–H groups in total. The van der Waals surface area contributed by atoms with Gasteiger partial charge in [0.15, 0.2) is 0 Å². The van der Waals surface area contributed by atoms with Crippen molar-refractivity contribution in [1.82, 2.24) is 5.32 Å². The molecule has 112 valence electrons. The predicted molar refractivity (Wildman–Crippen MR) is 80.5 cm³/mol. The molecule has 0 aliphatic carbocycles. The summed E-state index contributed by atoms with van der Waals surface area (Å²) >= 11 is 1.83. The molecule has 5 heteroatoms. The van der Waals surface area contributed by atoms with Crippen LogP contribution in [-0.2, 0) is 9.59 Å². The first-order valence-corrected chi connectivity index (χ1v) is 8.40. The van der Waals surface area contributed by atoms with Crippen molar-refractivity contribution in [3.05, 3.63) is 0 Å². The fourth-order valence-electron chi connectivity index (χ4n) is 2.02. The summed E-state index contributed by atoms with van der Waals surface area (Å²) in [6.45, 7) is 4.30. The number of rotatable bonds is 11. The largest absolute Gasteiger partial charge is 0.481 e. The molecule has 0 aromatic heterocycles. The number of carboxylic acid groups (broad SMARTS) is 1. The lowest BCUT2D eigenvalue weighted by atomic mass is 9.79. The van der Waals surface area contributed by atoms with E-state index in [4.69, 9.17) is 0 Å². The molecule has 0 saturated heterocycles. The van der Waals surface area contributed by atoms with Crippen molar-refractivity contribution < 1.29 is 14.7 Å². The molecule has 0 rings (SSSR count). The van der Waals surface area contributed by atoms with Crippen molar-refractivity contribution in [2.75, 3.05) is 18.6 Å². The van der Waals surface area contributed by atoms with Gasteiger partial charge in [-0.2, -0.15) is 11.8 Å². The van der Waals surface area contributed by atoms with Gasteiger partial charge in [0.25, 0.3) is 0 Å². The highest BCUT2D eigenvalue weighted by atomic mass is 32.2. The number of amides is 1. The number of unbranched alkanes of at least 4 members (excludes halogenated alkanes) is 2. The average Bonchev–Trinajstić information content (AvgIpc) is 2.39. The van der Waals surface area contributed by atoms with Gasteiger partial charge in [-0.1, -0.05) is 20.3 Å². The molecule has 0 spiro atoms. The maximum atomic E-state index is 11.8. The Morgan fingerprint density at radius 2 is 1.79 bits per heavy atom. The Morgan fingerprint density at radius 1 is 1.16 bits per heavy atom. The van der Waals surface area contributed by atoms with Crippen LogP contribution < -0.4 is 5.32 Å². The summed E-state index contributed by atoms with van der Waals surface area (Å²) < 4.78 is 0. The van der Waals surface area contributed by atoms with Crippen molar-refractivity contribution in [3.63, 3.8) is 0 Å². The Bertz CT molecular complexity index is 278. The lowest BCUT2D eigenvalue weighted by Gasteiger charge is -2.25. The SMILES string of the molecule is CCC(CC)(CC(=O)NCCCCCSC)C(=O)O. The van der Waals surface area contributed by atoms with Crippen LogP contribution in [0, 0.1) is 5.41 Å². The first-order chi connectivity index (χ1) is 9.02. The average molecular weight is 289 g/mol. The van der Waals surface area contributed by atoms with Crippen LogP contribution in [0.25, 0.3) is 0 Å². The monoisotopic (exact) mass is 289 g/mol. The summed E-state index contributed by atoms with van der Waals surface area (Å²) in [4.78, 5) is 23.1. The zero-order valence-corrected chi connectivity index (χ0v) is 13.1. The molecule has 0 unspecified atom stereocenters. The van der Waals surface area contributed by atoms with Crippen molar-refractivity contribution in [1.29, 1.82) is 0 Å². The van der Waals surface area contributed by atoms with Crippen LogP contribution in [0.15, 0.2) is 0 Å². The number of aliphatic carboxylic acids is 1. The van der Waals surface area contributed by atoms with E-state index in [0.717, 1.165) is 18.6 Å². The lowest BCUT2D eigenvalue weighted by Crippen LogP contribution is -2.37. The third-order valence-electron chi connectivity index (χ3n) is 3.65. The molecule has 0 aromatic carbocycles. The smallest absolute Gasteiger partial charge is 0.310 e. The maximum Gasteiger partial charge on any atom is 0.310 e. The van der Waals surface area contributed by atoms with Crippen LogP contribution in [0.5, 0.6) is 0 Å². The van der Waals surface area contributed by atoms with Gasteiger partial charge in [0, 0.05) is 13.0 Å². The van der Waals surface area contributed by atoms with Gasteiger partial charge in [-0.15, -0.1) is 0 Å². The number of carbonyl (C=O) groups excluding carboxylic acids is 1. The highest BCUT2D eigenvalue weighted by Gasteiger charge is 2.36. The number of carboxylic acids is 1. The fraction of sp³-hybridized carbons (Fsp3) is 0.857. The minimum absolute atomic E-state index is 0.0835. The normalized spacial score (nSPS) is 11.3. The van der Waals surface area contributed by atoms with Crippen molar-refractivity contribution >= 4 is 23.6 Å². The molecule has 0 aliphatic rings. The zero-order valence-electron chi connectivity index (χ0n) is 12.3. The summed E-state index contributed by atoms with van der Waals surface area (Å²) in [6.07, 6.45) is 6.38. The second kappa shape index (κ2) is 10.1. The Labute approximate surface area is 120 Å². The predicted octanol–water partition coefficient (Wildman–Crippen LogP) is 2.92. The minimum Gasteiger partial charge on any atom is -0.481 e. The summed E-state index contributed by atoms with van der Waals surface area (Å²) in [6, 6.07) is 0. The topological polar surface area (TPSA) is 66.4 Å². The molecule has 0 radical (unpaired) electrons. The Balaban J connectivity index is 3.98. The van der Waals surface area contributed by atoms with E-state index in [1.54, 1.807) is 0 Å². The summed E-state index contributed by atoms with van der Waals surface area (Å²) in [5.74, 6) is 0.144. The van der Waals surface area contributed by atoms with Crippen LogP contribution >= 0.6 is 11.8 Å². The Morgan fingerprint density at radius 3 is 2.26 bits per heavy atom. The number of hydrogen-bond donors (Lipinski definition) is 2. The fourth-order valence-corrected chi connectivity index (χ4v) is 2.52. The maximum absolute atomic E-state index is 11.8. The van der Waals surface area contributed by atoms with Crippen LogP contribution in [0.2, 0.25) is 0 Å². The highest BCUT2D eigenvalue weighted by Crippen LogP contribution is 2.30. The van der Waals surface area contributed by atoms with Crippen LogP contribution in [0.1, 0.15) is 52.4 Å². The number of nitrogens with one attached hydrogen (secondary N) is 1. The van der Waals surface area contributed by atoms with Crippen LogP contribution in [-0.4, -0.2) is 35.5 Å². The van der Waals surface area contributed by atoms with Crippen molar-refractivity contribution in [2.24, 2.45) is 5.41 Å². The highest BCUT2D eigenvalue weighted by molar-refractivity contribution is 7.98. The van der Waals surface area contributed by atoms with E-state index in [0.29, 0.717) is 19.4 Å². The molecule has 0 atom stereocenters. The number of carbonyl (C=O) groups is 2. The van der Waals surface area contributed by atoms with Gasteiger partial charge in [-0.3, -0.25) is 9.59 Å². The Hall–Kier alpha value is -0.710. The van der Waals surface area contributed by atoms with Crippen molar-refractivity contribution in [3.8, 4) is 0 Å². The van der Waals surface area contributed by atoms with E-state index in [9.17, 15) is 14.7 Å². The van der Waals surface area contributed by atoms with E-state index >= 15 is 0 Å². The molecule has 0 bridgehead atoms. The van der Waals surface area contributed by atoms with Gasteiger partial charge in [0.1, 0.15) is 0 Å². The minimum atomic E-state index is -0.900. The van der Waals surface area contributed by atoms with Crippen LogP contribution in [0.4, 0.5) is 0 Å². The molecular formula is C14H27NO3S. The van der Waals surface area contributed by atoms with Gasteiger partial charge in [0.2, 0.25) is 5.91 Å². The zero-order chi connectivity index (χ0) is 14.7. The van der Waals surface area contributed by atoms with E-state index in [1.165, 1.54) is 6.42 Å². The molecule has 0 aromatic rings. The second-order valence-electron chi connectivity index (χ2n) is 4.87. The van der Waals surface area contributed by atoms with E-state index in [1.807, 2.05) is 25.6 Å². The molecule has 0 heterocycles. The number of thioether (sulfide) groups is 1. The Kier molecular flexibility index (Phi) is 9.74. The van der Waals surface area contributed by atoms with Gasteiger partial charge in [0.05, 0.1) is 5.41 Å². The summed E-state index contributed by atoms with van der Waals surface area (Å²) in [7, 11) is 0. The third kappa shape index (κ3) is 6.85. The second-order valence-corrected chi connectivity index (χ2v) is 5.86. The van der Waals surface area contributed by atoms with E-state index < -0.39 is 11.4 Å². The van der Waals surface area contributed by atoms with Gasteiger partial charge in [-0.05, 0) is 37.7 Å². The van der Waals surface area contributed by atoms with Gasteiger partial charge in [-0.25, -0.2) is 0 Å². The molecule has 4 nitrogen and oxygen atoms in total. The molecule has 19 heavy (non-hydrogen) atoms. The molecule has 1 amide bonds. The third-order valence-corrected chi connectivity index (χ3v) is 4.35. The van der Waals surface area contributed by atoms with Gasteiger partial charge < -0.3 is 10.4 Å². The summed E-state index contributed by atoms with van der Waals surface area (Å²) in [5.41, 5.74) is -0.900. The first kappa shape index (κ1) is 18.3. The quantitative estimate of drug-likeness (QED) is 0.574. The van der Waals surface area contributed by atoms with Crippen molar-refractivity contribution in [2.45, 2.75) is 52.4 Å². The van der Waals surface area contributed by atoms with E-state index in [2.05, 4.69) is 11.6 Å². The summed E-state index contributed by atoms with van der Waals surface area (Å²) in [5, 5.41) is 12.1. The number of hydrogen-bond acceptors (Lipinski definition) is 3. The molecular weight excluding hydrogens is 262 g/mol. The molecule has 0 fully saturated rings. The first-order valence-electron chi connectivity index (χ1n) is 7.01. The van der Waals surface area contributed by atoms with Gasteiger partial charge >= 0.3 is 5.97 Å².